The lowest BCUT2D eigenvalue weighted by Crippen LogP contribution is -2.12. The number of nitrogens with zero attached hydrogens (tertiary/aromatic N) is 2. The van der Waals surface area contributed by atoms with Gasteiger partial charge in [0.1, 0.15) is 5.75 Å². The molecule has 0 atom stereocenters. The Morgan fingerprint density at radius 2 is 1.69 bits per heavy atom. The lowest BCUT2D eigenvalue weighted by molar-refractivity contribution is 0.0718. The van der Waals surface area contributed by atoms with Crippen LogP contribution in [0.15, 0.2) is 88.7 Å². The van der Waals surface area contributed by atoms with Crippen LogP contribution in [-0.4, -0.2) is 22.4 Å². The Hall–Kier alpha value is -3.22. The summed E-state index contributed by atoms with van der Waals surface area (Å²) in [7, 11) is 0. The summed E-state index contributed by atoms with van der Waals surface area (Å²) in [5, 5.41) is 5.31. The number of hydrogen-bond donors (Lipinski definition) is 0. The first-order chi connectivity index (χ1) is 15.5. The van der Waals surface area contributed by atoms with Gasteiger partial charge in [0.2, 0.25) is 5.88 Å². The third kappa shape index (κ3) is 4.98. The number of halogens is 1. The van der Waals surface area contributed by atoms with E-state index in [9.17, 15) is 4.79 Å². The van der Waals surface area contributed by atoms with Crippen molar-refractivity contribution in [3.63, 3.8) is 0 Å². The maximum atomic E-state index is 13.0. The van der Waals surface area contributed by atoms with Crippen molar-refractivity contribution in [2.24, 2.45) is 0 Å². The summed E-state index contributed by atoms with van der Waals surface area (Å²) in [5.74, 6) is 0.601. The van der Waals surface area contributed by atoms with Crippen LogP contribution in [0.3, 0.4) is 0 Å². The molecular weight excluding hydrogens is 444 g/mol. The van der Waals surface area contributed by atoms with Gasteiger partial charge in [-0.3, -0.25) is 0 Å². The van der Waals surface area contributed by atoms with Crippen molar-refractivity contribution in [1.82, 2.24) is 9.78 Å². The van der Waals surface area contributed by atoms with Gasteiger partial charge < -0.3 is 9.47 Å². The van der Waals surface area contributed by atoms with Crippen molar-refractivity contribution >= 4 is 29.3 Å². The van der Waals surface area contributed by atoms with Crippen LogP contribution in [0.4, 0.5) is 0 Å². The molecule has 0 spiro atoms. The Balaban J connectivity index is 1.70. The lowest BCUT2D eigenvalue weighted by Gasteiger charge is -2.11. The Kier molecular flexibility index (Phi) is 6.83. The number of ether oxygens (including phenoxy) is 2. The molecule has 0 fully saturated rings. The fourth-order valence-electron chi connectivity index (χ4n) is 3.06. The highest BCUT2D eigenvalue weighted by molar-refractivity contribution is 7.99. The van der Waals surface area contributed by atoms with Crippen molar-refractivity contribution < 1.29 is 14.3 Å². The molecule has 4 rings (SSSR count). The largest absolute Gasteiger partial charge is 0.494 e. The van der Waals surface area contributed by atoms with Gasteiger partial charge in [-0.25, -0.2) is 4.79 Å². The van der Waals surface area contributed by atoms with E-state index in [1.54, 1.807) is 28.9 Å². The number of rotatable bonds is 7. The van der Waals surface area contributed by atoms with Crippen LogP contribution in [0, 0.1) is 6.92 Å². The zero-order valence-electron chi connectivity index (χ0n) is 17.6. The average molecular weight is 465 g/mol. The van der Waals surface area contributed by atoms with E-state index >= 15 is 0 Å². The average Bonchev–Trinajstić information content (AvgIpc) is 3.11. The quantitative estimate of drug-likeness (QED) is 0.288. The lowest BCUT2D eigenvalue weighted by atomic mass is 10.2. The second kappa shape index (κ2) is 9.94. The third-order valence-electron chi connectivity index (χ3n) is 4.59. The van der Waals surface area contributed by atoms with Crippen molar-refractivity contribution in [3.05, 3.63) is 95.1 Å². The molecule has 0 aliphatic heterocycles. The van der Waals surface area contributed by atoms with Gasteiger partial charge in [-0.1, -0.05) is 41.6 Å². The molecule has 5 nitrogen and oxygen atoms in total. The molecule has 0 aliphatic carbocycles. The Morgan fingerprint density at radius 3 is 2.34 bits per heavy atom. The van der Waals surface area contributed by atoms with E-state index < -0.39 is 5.97 Å². The van der Waals surface area contributed by atoms with Crippen LogP contribution < -0.4 is 9.47 Å². The molecule has 0 saturated heterocycles. The van der Waals surface area contributed by atoms with Gasteiger partial charge in [0.05, 0.1) is 28.4 Å². The van der Waals surface area contributed by atoms with E-state index in [-0.39, 0.29) is 0 Å². The van der Waals surface area contributed by atoms with Crippen LogP contribution in [0.5, 0.6) is 11.6 Å². The topological polar surface area (TPSA) is 53.4 Å². The van der Waals surface area contributed by atoms with Crippen molar-refractivity contribution in [2.45, 2.75) is 23.6 Å². The van der Waals surface area contributed by atoms with Gasteiger partial charge >= 0.3 is 5.97 Å². The van der Waals surface area contributed by atoms with E-state index in [4.69, 9.17) is 21.1 Å². The molecule has 0 aliphatic rings. The van der Waals surface area contributed by atoms with E-state index in [1.807, 2.05) is 68.4 Å². The van der Waals surface area contributed by atoms with Gasteiger partial charge in [0.25, 0.3) is 0 Å². The Bertz CT molecular complexity index is 1210. The number of benzene rings is 3. The van der Waals surface area contributed by atoms with Crippen LogP contribution in [0.2, 0.25) is 5.02 Å². The highest BCUT2D eigenvalue weighted by Crippen LogP contribution is 2.39. The summed E-state index contributed by atoms with van der Waals surface area (Å²) < 4.78 is 13.0. The maximum absolute atomic E-state index is 13.0. The molecule has 1 aromatic heterocycles. The van der Waals surface area contributed by atoms with E-state index in [0.29, 0.717) is 28.8 Å². The van der Waals surface area contributed by atoms with Crippen LogP contribution in [-0.2, 0) is 0 Å². The summed E-state index contributed by atoms with van der Waals surface area (Å²) in [5.41, 5.74) is 1.98. The standard InChI is InChI=1S/C25H21ClN2O3S/c1-3-30-21-13-9-18(10-14-21)25(29)31-24-23(32-22-15-11-19(26)12-16-22)17(2)27-28(24)20-7-5-4-6-8-20/h4-16H,3H2,1-2H3. The number of aromatic nitrogens is 2. The fraction of sp³-hybridized carbons (Fsp3) is 0.120. The summed E-state index contributed by atoms with van der Waals surface area (Å²) in [6.07, 6.45) is 0. The van der Waals surface area contributed by atoms with Gasteiger partial charge in [-0.05, 0) is 74.5 Å². The molecule has 0 radical (unpaired) electrons. The molecule has 3 aromatic carbocycles. The molecule has 0 N–H and O–H groups in total. The first-order valence-electron chi connectivity index (χ1n) is 10.1. The molecule has 4 aromatic rings. The smallest absolute Gasteiger partial charge is 0.344 e. The van der Waals surface area contributed by atoms with Crippen LogP contribution in [0.1, 0.15) is 23.0 Å². The number of para-hydroxylation sites is 1. The Morgan fingerprint density at radius 1 is 1.00 bits per heavy atom. The predicted molar refractivity (Wildman–Crippen MR) is 126 cm³/mol. The summed E-state index contributed by atoms with van der Waals surface area (Å²) in [6, 6.07) is 24.0. The zero-order chi connectivity index (χ0) is 22.5. The number of carbonyl (C=O) groups is 1. The second-order valence-electron chi connectivity index (χ2n) is 6.87. The van der Waals surface area contributed by atoms with E-state index in [1.165, 1.54) is 11.8 Å². The number of hydrogen-bond acceptors (Lipinski definition) is 5. The first-order valence-corrected chi connectivity index (χ1v) is 11.3. The van der Waals surface area contributed by atoms with Crippen LogP contribution in [0.25, 0.3) is 5.69 Å². The molecule has 0 unspecified atom stereocenters. The molecule has 32 heavy (non-hydrogen) atoms. The summed E-state index contributed by atoms with van der Waals surface area (Å²) in [6.45, 7) is 4.37. The second-order valence-corrected chi connectivity index (χ2v) is 8.39. The molecule has 0 bridgehead atoms. The molecule has 0 amide bonds. The number of carbonyl (C=O) groups excluding carboxylic acids is 1. The number of esters is 1. The van der Waals surface area contributed by atoms with Crippen molar-refractivity contribution in [3.8, 4) is 17.3 Å². The fourth-order valence-corrected chi connectivity index (χ4v) is 4.10. The summed E-state index contributed by atoms with van der Waals surface area (Å²) >= 11 is 7.50. The van der Waals surface area contributed by atoms with E-state index in [2.05, 4.69) is 5.10 Å². The van der Waals surface area contributed by atoms with E-state index in [0.717, 1.165) is 21.2 Å². The Labute approximate surface area is 195 Å². The molecular formula is C25H21ClN2O3S. The SMILES string of the molecule is CCOc1ccc(C(=O)Oc2c(Sc3ccc(Cl)cc3)c(C)nn2-c2ccccc2)cc1. The highest BCUT2D eigenvalue weighted by Gasteiger charge is 2.22. The minimum absolute atomic E-state index is 0.368. The van der Waals surface area contributed by atoms with Crippen molar-refractivity contribution in [1.29, 1.82) is 0 Å². The van der Waals surface area contributed by atoms with Gasteiger partial charge in [-0.15, -0.1) is 0 Å². The molecule has 0 saturated carbocycles. The first kappa shape index (κ1) is 22.0. The van der Waals surface area contributed by atoms with Crippen molar-refractivity contribution in [2.75, 3.05) is 6.61 Å². The molecule has 1 heterocycles. The monoisotopic (exact) mass is 464 g/mol. The zero-order valence-corrected chi connectivity index (χ0v) is 19.2. The molecule has 162 valence electrons. The molecule has 7 heteroatoms. The van der Waals surface area contributed by atoms with Gasteiger partial charge in [0.15, 0.2) is 0 Å². The normalized spacial score (nSPS) is 10.7. The third-order valence-corrected chi connectivity index (χ3v) is 6.02. The van der Waals surface area contributed by atoms with Gasteiger partial charge in [0, 0.05) is 9.92 Å². The van der Waals surface area contributed by atoms with Gasteiger partial charge in [-0.2, -0.15) is 9.78 Å². The summed E-state index contributed by atoms with van der Waals surface area (Å²) in [4.78, 5) is 14.7. The minimum atomic E-state index is -0.469. The number of aryl methyl sites for hydroxylation is 1. The highest BCUT2D eigenvalue weighted by atomic mass is 35.5. The maximum Gasteiger partial charge on any atom is 0.344 e. The predicted octanol–water partition coefficient (Wildman–Crippen LogP) is 6.60. The minimum Gasteiger partial charge on any atom is -0.494 e. The van der Waals surface area contributed by atoms with Crippen LogP contribution >= 0.6 is 23.4 Å².